The SMILES string of the molecule is CCO[Si](OCC)(OCC)C1=CCCC(C(=O)OC)(C(=O)OC)C1. The fourth-order valence-electron chi connectivity index (χ4n) is 3.01. The molecule has 0 heterocycles. The summed E-state index contributed by atoms with van der Waals surface area (Å²) < 4.78 is 27.4. The zero-order chi connectivity index (χ0) is 18.2. The Kier molecular flexibility index (Phi) is 8.08. The molecular weight excluding hydrogens is 332 g/mol. The van der Waals surface area contributed by atoms with E-state index < -0.39 is 26.2 Å². The van der Waals surface area contributed by atoms with Crippen LogP contribution < -0.4 is 0 Å². The highest BCUT2D eigenvalue weighted by atomic mass is 28.4. The number of ether oxygens (including phenoxy) is 2. The molecule has 1 aliphatic rings. The number of allylic oxidation sites excluding steroid dienone is 2. The number of carbonyl (C=O) groups excluding carboxylic acids is 2. The van der Waals surface area contributed by atoms with Gasteiger partial charge in [-0.15, -0.1) is 0 Å². The van der Waals surface area contributed by atoms with Crippen LogP contribution in [0.5, 0.6) is 0 Å². The van der Waals surface area contributed by atoms with Gasteiger partial charge in [0, 0.05) is 19.8 Å². The zero-order valence-electron chi connectivity index (χ0n) is 15.2. The first-order chi connectivity index (χ1) is 11.5. The Morgan fingerprint density at radius 1 is 1.00 bits per heavy atom. The Morgan fingerprint density at radius 3 is 1.83 bits per heavy atom. The molecule has 7 nitrogen and oxygen atoms in total. The van der Waals surface area contributed by atoms with E-state index in [1.807, 2.05) is 26.8 Å². The molecule has 0 saturated heterocycles. The molecule has 0 bridgehead atoms. The predicted molar refractivity (Wildman–Crippen MR) is 89.0 cm³/mol. The Balaban J connectivity index is 3.28. The monoisotopic (exact) mass is 360 g/mol. The Bertz CT molecular complexity index is 442. The van der Waals surface area contributed by atoms with Crippen LogP contribution >= 0.6 is 0 Å². The van der Waals surface area contributed by atoms with Crippen molar-refractivity contribution in [3.8, 4) is 0 Å². The molecule has 0 aromatic carbocycles. The lowest BCUT2D eigenvalue weighted by molar-refractivity contribution is -0.170. The molecule has 0 atom stereocenters. The van der Waals surface area contributed by atoms with E-state index in [1.54, 1.807) is 0 Å². The third-order valence-corrected chi connectivity index (χ3v) is 7.18. The van der Waals surface area contributed by atoms with E-state index in [0.717, 1.165) is 5.20 Å². The van der Waals surface area contributed by atoms with Crippen LogP contribution in [0.15, 0.2) is 11.3 Å². The first-order valence-electron chi connectivity index (χ1n) is 8.24. The summed E-state index contributed by atoms with van der Waals surface area (Å²) in [6, 6.07) is 0. The van der Waals surface area contributed by atoms with E-state index >= 15 is 0 Å². The average molecular weight is 360 g/mol. The summed E-state index contributed by atoms with van der Waals surface area (Å²) in [5.74, 6) is -1.21. The molecule has 0 radical (unpaired) electrons. The number of hydrogen-bond donors (Lipinski definition) is 0. The smallest absolute Gasteiger partial charge is 0.468 e. The second-order valence-corrected chi connectivity index (χ2v) is 7.99. The van der Waals surface area contributed by atoms with Gasteiger partial charge in [-0.25, -0.2) is 0 Å². The molecule has 0 unspecified atom stereocenters. The molecule has 0 spiro atoms. The third kappa shape index (κ3) is 4.05. The minimum Gasteiger partial charge on any atom is -0.468 e. The summed E-state index contributed by atoms with van der Waals surface area (Å²) in [6.07, 6.45) is 2.92. The molecular formula is C16H28O7Si. The molecule has 0 aliphatic heterocycles. The van der Waals surface area contributed by atoms with Crippen molar-refractivity contribution >= 4 is 20.7 Å². The van der Waals surface area contributed by atoms with Crippen molar-refractivity contribution in [2.45, 2.75) is 40.0 Å². The summed E-state index contributed by atoms with van der Waals surface area (Å²) in [5, 5.41) is 0.732. The first kappa shape index (κ1) is 20.8. The first-order valence-corrected chi connectivity index (χ1v) is 9.97. The highest BCUT2D eigenvalue weighted by Gasteiger charge is 2.56. The lowest BCUT2D eigenvalue weighted by Gasteiger charge is -2.37. The van der Waals surface area contributed by atoms with E-state index in [4.69, 9.17) is 22.8 Å². The van der Waals surface area contributed by atoms with Gasteiger partial charge in [0.2, 0.25) is 0 Å². The molecule has 0 amide bonds. The number of hydrogen-bond acceptors (Lipinski definition) is 7. The molecule has 0 aromatic rings. The van der Waals surface area contributed by atoms with Gasteiger partial charge >= 0.3 is 20.7 Å². The lowest BCUT2D eigenvalue weighted by Crippen LogP contribution is -2.53. The average Bonchev–Trinajstić information content (AvgIpc) is 2.60. The van der Waals surface area contributed by atoms with Gasteiger partial charge in [0.1, 0.15) is 0 Å². The Hall–Kier alpha value is -1.22. The lowest BCUT2D eigenvalue weighted by atomic mass is 9.77. The topological polar surface area (TPSA) is 80.3 Å². The standard InChI is InChI=1S/C16H28O7Si/c1-6-21-24(22-7-2,23-8-3)13-10-9-11-16(12-13,14(17)19-4)15(18)20-5/h10H,6-9,11-12H2,1-5H3. The molecule has 0 N–H and O–H groups in total. The molecule has 1 aliphatic carbocycles. The van der Waals surface area contributed by atoms with Gasteiger partial charge in [-0.1, -0.05) is 6.08 Å². The third-order valence-electron chi connectivity index (χ3n) is 4.00. The van der Waals surface area contributed by atoms with Gasteiger partial charge in [-0.3, -0.25) is 9.59 Å². The number of rotatable bonds is 9. The van der Waals surface area contributed by atoms with Crippen LogP contribution in [0.25, 0.3) is 0 Å². The van der Waals surface area contributed by atoms with Gasteiger partial charge in [0.25, 0.3) is 0 Å². The van der Waals surface area contributed by atoms with Crippen LogP contribution in [-0.2, 0) is 32.3 Å². The van der Waals surface area contributed by atoms with E-state index in [0.29, 0.717) is 32.7 Å². The van der Waals surface area contributed by atoms with Crippen molar-refractivity contribution in [1.82, 2.24) is 0 Å². The van der Waals surface area contributed by atoms with Crippen LogP contribution in [0.3, 0.4) is 0 Å². The molecule has 24 heavy (non-hydrogen) atoms. The van der Waals surface area contributed by atoms with E-state index in [-0.39, 0.29) is 6.42 Å². The van der Waals surface area contributed by atoms with Crippen LogP contribution in [0.1, 0.15) is 40.0 Å². The summed E-state index contributed by atoms with van der Waals surface area (Å²) in [6.45, 7) is 6.80. The summed E-state index contributed by atoms with van der Waals surface area (Å²) in [7, 11) is -0.621. The minimum absolute atomic E-state index is 0.124. The van der Waals surface area contributed by atoms with Gasteiger partial charge in [0.05, 0.1) is 14.2 Å². The largest absolute Gasteiger partial charge is 0.532 e. The fourth-order valence-corrected chi connectivity index (χ4v) is 5.87. The van der Waals surface area contributed by atoms with Crippen molar-refractivity contribution in [3.63, 3.8) is 0 Å². The minimum atomic E-state index is -3.16. The van der Waals surface area contributed by atoms with E-state index in [1.165, 1.54) is 14.2 Å². The van der Waals surface area contributed by atoms with Crippen LogP contribution in [0.2, 0.25) is 0 Å². The van der Waals surface area contributed by atoms with Crippen molar-refractivity contribution in [2.24, 2.45) is 5.41 Å². The summed E-state index contributed by atoms with van der Waals surface area (Å²) in [4.78, 5) is 24.8. The van der Waals surface area contributed by atoms with E-state index in [2.05, 4.69) is 0 Å². The van der Waals surface area contributed by atoms with Crippen LogP contribution in [-0.4, -0.2) is 54.8 Å². The summed E-state index contributed by atoms with van der Waals surface area (Å²) >= 11 is 0. The molecule has 0 fully saturated rings. The maximum atomic E-state index is 12.4. The molecule has 0 aromatic heterocycles. The maximum absolute atomic E-state index is 12.4. The van der Waals surface area contributed by atoms with Gasteiger partial charge < -0.3 is 22.8 Å². The number of carbonyl (C=O) groups is 2. The molecule has 8 heteroatoms. The molecule has 138 valence electrons. The van der Waals surface area contributed by atoms with Crippen molar-refractivity contribution in [2.75, 3.05) is 34.0 Å². The second kappa shape index (κ2) is 9.31. The highest BCUT2D eigenvalue weighted by molar-refractivity contribution is 6.69. The van der Waals surface area contributed by atoms with Crippen molar-refractivity contribution in [3.05, 3.63) is 11.3 Å². The van der Waals surface area contributed by atoms with E-state index in [9.17, 15) is 9.59 Å². The number of esters is 2. The van der Waals surface area contributed by atoms with Crippen LogP contribution in [0, 0.1) is 5.41 Å². The molecule has 0 saturated carbocycles. The van der Waals surface area contributed by atoms with Crippen molar-refractivity contribution < 1.29 is 32.3 Å². The van der Waals surface area contributed by atoms with Crippen LogP contribution in [0.4, 0.5) is 0 Å². The zero-order valence-corrected chi connectivity index (χ0v) is 16.2. The molecule has 1 rings (SSSR count). The van der Waals surface area contributed by atoms with Gasteiger partial charge in [-0.2, -0.15) is 0 Å². The second-order valence-electron chi connectivity index (χ2n) is 5.37. The summed E-state index contributed by atoms with van der Waals surface area (Å²) in [5.41, 5.74) is -1.38. The fraction of sp³-hybridized carbons (Fsp3) is 0.750. The quantitative estimate of drug-likeness (QED) is 0.353. The Morgan fingerprint density at radius 2 is 1.46 bits per heavy atom. The normalized spacial score (nSPS) is 17.1. The Labute approximate surface area is 144 Å². The maximum Gasteiger partial charge on any atom is 0.532 e. The predicted octanol–water partition coefficient (Wildman–Crippen LogP) is 2.02. The van der Waals surface area contributed by atoms with Gasteiger partial charge in [-0.05, 0) is 45.2 Å². The van der Waals surface area contributed by atoms with Gasteiger partial charge in [0.15, 0.2) is 5.41 Å². The highest BCUT2D eigenvalue weighted by Crippen LogP contribution is 2.42. The van der Waals surface area contributed by atoms with Crippen molar-refractivity contribution in [1.29, 1.82) is 0 Å². The number of methoxy groups -OCH3 is 2.